The van der Waals surface area contributed by atoms with E-state index in [4.69, 9.17) is 14.0 Å². The molecule has 1 unspecified atom stereocenters. The number of fused-ring (bicyclic) bond motifs is 3. The molecule has 1 fully saturated rings. The average Bonchev–Trinajstić information content (AvgIpc) is 3.05. The SMILES string of the molecule is C=C1C(=O)O[C@@H]2[C@H]3C(COC(=O)C(C)COS(=O)(=O)O)=CC(=O)C3=C(C)CC[C@@H]12. The third kappa shape index (κ3) is 4.34. The summed E-state index contributed by atoms with van der Waals surface area (Å²) in [5.74, 6) is -3.12. The first kappa shape index (κ1) is 21.4. The molecule has 1 heterocycles. The van der Waals surface area contributed by atoms with Crippen molar-refractivity contribution in [2.45, 2.75) is 32.8 Å². The number of hydrogen-bond acceptors (Lipinski definition) is 8. The van der Waals surface area contributed by atoms with Crippen LogP contribution < -0.4 is 0 Å². The molecule has 1 saturated heterocycles. The third-order valence-corrected chi connectivity index (χ3v) is 5.94. The second-order valence-corrected chi connectivity index (χ2v) is 8.61. The van der Waals surface area contributed by atoms with E-state index in [1.807, 2.05) is 6.92 Å². The summed E-state index contributed by atoms with van der Waals surface area (Å²) >= 11 is 0. The Balaban J connectivity index is 1.74. The van der Waals surface area contributed by atoms with E-state index in [1.54, 1.807) is 0 Å². The fraction of sp³-hybridized carbons (Fsp3) is 0.526. The van der Waals surface area contributed by atoms with Crippen molar-refractivity contribution in [2.24, 2.45) is 17.8 Å². The molecule has 2 aliphatic carbocycles. The Morgan fingerprint density at radius 1 is 1.41 bits per heavy atom. The van der Waals surface area contributed by atoms with E-state index in [2.05, 4.69) is 10.8 Å². The lowest BCUT2D eigenvalue weighted by molar-refractivity contribution is -0.148. The van der Waals surface area contributed by atoms with Gasteiger partial charge in [0, 0.05) is 17.1 Å². The molecule has 1 aliphatic heterocycles. The van der Waals surface area contributed by atoms with Crippen molar-refractivity contribution in [1.29, 1.82) is 0 Å². The summed E-state index contributed by atoms with van der Waals surface area (Å²) in [5, 5.41) is 0. The number of ketones is 1. The maximum absolute atomic E-state index is 12.6. The van der Waals surface area contributed by atoms with Gasteiger partial charge in [-0.05, 0) is 38.3 Å². The van der Waals surface area contributed by atoms with Crippen LogP contribution in [-0.4, -0.2) is 50.0 Å². The second kappa shape index (κ2) is 7.85. The molecule has 9 nitrogen and oxygen atoms in total. The Morgan fingerprint density at radius 3 is 2.76 bits per heavy atom. The van der Waals surface area contributed by atoms with Gasteiger partial charge in [-0.3, -0.25) is 14.1 Å². The lowest BCUT2D eigenvalue weighted by Gasteiger charge is -2.25. The highest BCUT2D eigenvalue weighted by Gasteiger charge is 2.50. The van der Waals surface area contributed by atoms with Gasteiger partial charge in [-0.15, -0.1) is 0 Å². The molecule has 0 aromatic rings. The van der Waals surface area contributed by atoms with Crippen molar-refractivity contribution >= 4 is 28.1 Å². The van der Waals surface area contributed by atoms with Gasteiger partial charge in [0.1, 0.15) is 12.7 Å². The van der Waals surface area contributed by atoms with Gasteiger partial charge in [0.2, 0.25) is 0 Å². The van der Waals surface area contributed by atoms with Gasteiger partial charge in [0.15, 0.2) is 5.78 Å². The number of rotatable bonds is 6. The van der Waals surface area contributed by atoms with Crippen LogP contribution in [0.15, 0.2) is 34.9 Å². The van der Waals surface area contributed by atoms with Crippen molar-refractivity contribution in [3.8, 4) is 0 Å². The molecular formula is C19H22O9S. The van der Waals surface area contributed by atoms with Gasteiger partial charge < -0.3 is 9.47 Å². The van der Waals surface area contributed by atoms with E-state index >= 15 is 0 Å². The molecule has 0 saturated carbocycles. The lowest BCUT2D eigenvalue weighted by Crippen LogP contribution is -2.30. The molecule has 4 atom stereocenters. The minimum absolute atomic E-state index is 0.199. The predicted octanol–water partition coefficient (Wildman–Crippen LogP) is 1.32. The fourth-order valence-corrected chi connectivity index (χ4v) is 4.36. The Labute approximate surface area is 168 Å². The number of hydrogen-bond donors (Lipinski definition) is 1. The van der Waals surface area contributed by atoms with Crippen LogP contribution in [0.25, 0.3) is 0 Å². The molecule has 29 heavy (non-hydrogen) atoms. The number of carbonyl (C=O) groups is 3. The molecule has 0 spiro atoms. The average molecular weight is 426 g/mol. The highest BCUT2D eigenvalue weighted by molar-refractivity contribution is 7.80. The fourth-order valence-electron chi connectivity index (χ4n) is 3.99. The van der Waals surface area contributed by atoms with Gasteiger partial charge in [-0.2, -0.15) is 8.42 Å². The summed E-state index contributed by atoms with van der Waals surface area (Å²) in [6.07, 6.45) is 2.11. The monoisotopic (exact) mass is 426 g/mol. The van der Waals surface area contributed by atoms with Crippen LogP contribution in [0.2, 0.25) is 0 Å². The molecule has 158 valence electrons. The Hall–Kier alpha value is -2.30. The Kier molecular flexibility index (Phi) is 5.79. The van der Waals surface area contributed by atoms with E-state index in [9.17, 15) is 22.8 Å². The Morgan fingerprint density at radius 2 is 2.10 bits per heavy atom. The molecule has 0 aromatic carbocycles. The molecule has 1 N–H and O–H groups in total. The number of esters is 2. The first-order valence-electron chi connectivity index (χ1n) is 9.12. The summed E-state index contributed by atoms with van der Waals surface area (Å²) in [4.78, 5) is 36.7. The van der Waals surface area contributed by atoms with Crippen LogP contribution in [0.4, 0.5) is 0 Å². The topological polar surface area (TPSA) is 133 Å². The van der Waals surface area contributed by atoms with Crippen molar-refractivity contribution in [3.63, 3.8) is 0 Å². The zero-order valence-electron chi connectivity index (χ0n) is 16.0. The van der Waals surface area contributed by atoms with Crippen molar-refractivity contribution in [1.82, 2.24) is 0 Å². The maximum atomic E-state index is 12.6. The molecular weight excluding hydrogens is 404 g/mol. The number of allylic oxidation sites excluding steroid dienone is 2. The molecule has 3 aliphatic rings. The maximum Gasteiger partial charge on any atom is 0.397 e. The smallest absolute Gasteiger partial charge is 0.397 e. The number of ether oxygens (including phenoxy) is 2. The van der Waals surface area contributed by atoms with Gasteiger partial charge in [-0.25, -0.2) is 8.98 Å². The van der Waals surface area contributed by atoms with Gasteiger partial charge in [-0.1, -0.05) is 12.2 Å². The van der Waals surface area contributed by atoms with Gasteiger partial charge >= 0.3 is 22.3 Å². The largest absolute Gasteiger partial charge is 0.461 e. The van der Waals surface area contributed by atoms with E-state index in [0.29, 0.717) is 29.6 Å². The van der Waals surface area contributed by atoms with Crippen LogP contribution in [0.3, 0.4) is 0 Å². The summed E-state index contributed by atoms with van der Waals surface area (Å²) in [7, 11) is -4.66. The van der Waals surface area contributed by atoms with Crippen molar-refractivity contribution in [3.05, 3.63) is 34.9 Å². The quantitative estimate of drug-likeness (QED) is 0.379. The third-order valence-electron chi connectivity index (χ3n) is 5.51. The molecule has 3 rings (SSSR count). The predicted molar refractivity (Wildman–Crippen MR) is 98.6 cm³/mol. The van der Waals surface area contributed by atoms with Gasteiger partial charge in [0.05, 0.1) is 18.4 Å². The molecule has 0 amide bonds. The minimum atomic E-state index is -4.66. The van der Waals surface area contributed by atoms with E-state index < -0.39 is 46.9 Å². The first-order valence-corrected chi connectivity index (χ1v) is 10.5. The molecule has 10 heteroatoms. The van der Waals surface area contributed by atoms with Crippen molar-refractivity contribution < 1.29 is 41.0 Å². The van der Waals surface area contributed by atoms with Crippen LogP contribution in [0.5, 0.6) is 0 Å². The van der Waals surface area contributed by atoms with Crippen LogP contribution in [0.1, 0.15) is 26.7 Å². The molecule has 0 radical (unpaired) electrons. The van der Waals surface area contributed by atoms with E-state index in [1.165, 1.54) is 13.0 Å². The zero-order chi connectivity index (χ0) is 21.5. The van der Waals surface area contributed by atoms with Crippen LogP contribution in [0, 0.1) is 17.8 Å². The lowest BCUT2D eigenvalue weighted by atomic mass is 9.83. The van der Waals surface area contributed by atoms with Crippen molar-refractivity contribution in [2.75, 3.05) is 13.2 Å². The minimum Gasteiger partial charge on any atom is -0.461 e. The van der Waals surface area contributed by atoms with Crippen LogP contribution >= 0.6 is 0 Å². The van der Waals surface area contributed by atoms with E-state index in [0.717, 1.165) is 5.57 Å². The summed E-state index contributed by atoms with van der Waals surface area (Å²) in [5.41, 5.74) is 2.37. The van der Waals surface area contributed by atoms with Crippen LogP contribution in [-0.2, 0) is 38.4 Å². The summed E-state index contributed by atoms with van der Waals surface area (Å²) in [6, 6.07) is 0. The second-order valence-electron chi connectivity index (χ2n) is 7.52. The van der Waals surface area contributed by atoms with Gasteiger partial charge in [0.25, 0.3) is 0 Å². The zero-order valence-corrected chi connectivity index (χ0v) is 16.9. The standard InChI is InChI=1S/C19H22O9S/c1-9-4-5-13-11(3)19(22)28-17(13)16-12(6-14(20)15(9)16)8-26-18(21)10(2)7-27-29(23,24)25/h6,10,13,16-17H,3-5,7-8H2,1-2H3,(H,23,24,25)/t10?,13-,16-,17-/m0/s1. The van der Waals surface area contributed by atoms with E-state index in [-0.39, 0.29) is 18.3 Å². The molecule has 0 aromatic heterocycles. The first-order chi connectivity index (χ1) is 13.5. The highest BCUT2D eigenvalue weighted by Crippen LogP contribution is 2.47. The number of carbonyl (C=O) groups excluding carboxylic acids is 3. The molecule has 0 bridgehead atoms. The summed E-state index contributed by atoms with van der Waals surface area (Å²) in [6.45, 7) is 6.27. The Bertz CT molecular complexity index is 941. The highest BCUT2D eigenvalue weighted by atomic mass is 32.3. The normalized spacial score (nSPS) is 27.8. The summed E-state index contributed by atoms with van der Waals surface area (Å²) < 4.78 is 44.7.